The van der Waals surface area contributed by atoms with Crippen LogP contribution in [0.15, 0.2) is 10.9 Å². The lowest BCUT2D eigenvalue weighted by Gasteiger charge is -2.61. The van der Waals surface area contributed by atoms with Crippen LogP contribution in [0.2, 0.25) is 0 Å². The fourth-order valence-electron chi connectivity index (χ4n) is 4.44. The third kappa shape index (κ3) is 2.33. The molecule has 2 fully saturated rings. The maximum Gasteiger partial charge on any atom is 0.274 e. The minimum Gasteiger partial charge on any atom is -0.378 e. The van der Waals surface area contributed by atoms with E-state index in [-0.39, 0.29) is 29.0 Å². The van der Waals surface area contributed by atoms with E-state index >= 15 is 0 Å². The number of H-pyrrole nitrogens is 1. The van der Waals surface area contributed by atoms with Crippen molar-refractivity contribution < 1.29 is 9.53 Å². The highest BCUT2D eigenvalue weighted by Crippen LogP contribution is 2.57. The van der Waals surface area contributed by atoms with Crippen LogP contribution in [-0.2, 0) is 11.8 Å². The van der Waals surface area contributed by atoms with Crippen molar-refractivity contribution in [2.45, 2.75) is 51.7 Å². The number of aryl methyl sites for hydroxylation is 2. The third-order valence-corrected chi connectivity index (χ3v) is 5.93. The molecule has 1 amide bonds. The predicted octanol–water partition coefficient (Wildman–Crippen LogP) is 1.65. The van der Waals surface area contributed by atoms with Gasteiger partial charge in [0.25, 0.3) is 11.5 Å². The van der Waals surface area contributed by atoms with Crippen molar-refractivity contribution >= 4 is 16.9 Å². The number of pyridine rings is 1. The van der Waals surface area contributed by atoms with E-state index in [9.17, 15) is 9.59 Å². The van der Waals surface area contributed by atoms with Gasteiger partial charge < -0.3 is 10.1 Å². The Morgan fingerprint density at radius 3 is 2.92 bits per heavy atom. The Labute approximate surface area is 145 Å². The number of ether oxygens (including phenoxy) is 1. The number of amides is 1. The monoisotopic (exact) mass is 344 g/mol. The topological polar surface area (TPSA) is 89.0 Å². The zero-order chi connectivity index (χ0) is 17.8. The Kier molecular flexibility index (Phi) is 3.72. The molecule has 134 valence electrons. The van der Waals surface area contributed by atoms with E-state index in [1.807, 2.05) is 13.8 Å². The molecule has 0 aliphatic heterocycles. The first kappa shape index (κ1) is 16.3. The average Bonchev–Trinajstić information content (AvgIpc) is 2.78. The zero-order valence-corrected chi connectivity index (χ0v) is 14.9. The molecule has 0 unspecified atom stereocenters. The number of rotatable bonds is 4. The van der Waals surface area contributed by atoms with Gasteiger partial charge in [0, 0.05) is 30.8 Å². The molecule has 2 aliphatic rings. The Morgan fingerprint density at radius 2 is 2.28 bits per heavy atom. The molecular weight excluding hydrogens is 320 g/mol. The molecule has 25 heavy (non-hydrogen) atoms. The Bertz CT molecular complexity index is 894. The summed E-state index contributed by atoms with van der Waals surface area (Å²) in [6.07, 6.45) is 4.47. The number of hydrogen-bond donors (Lipinski definition) is 2. The van der Waals surface area contributed by atoms with Gasteiger partial charge in [-0.25, -0.2) is 4.98 Å². The molecule has 7 heteroatoms. The second-order valence-corrected chi connectivity index (χ2v) is 7.30. The summed E-state index contributed by atoms with van der Waals surface area (Å²) in [6.45, 7) is 4.54. The molecule has 2 saturated carbocycles. The first-order chi connectivity index (χ1) is 12.0. The Morgan fingerprint density at radius 1 is 1.52 bits per heavy atom. The van der Waals surface area contributed by atoms with Crippen molar-refractivity contribution in [3.05, 3.63) is 27.7 Å². The number of carbonyl (C=O) groups is 1. The van der Waals surface area contributed by atoms with Gasteiger partial charge in [0.15, 0.2) is 5.65 Å². The molecule has 2 N–H and O–H groups in total. The highest BCUT2D eigenvalue weighted by molar-refractivity contribution is 6.05. The van der Waals surface area contributed by atoms with E-state index < -0.39 is 0 Å². The summed E-state index contributed by atoms with van der Waals surface area (Å²) in [5.41, 5.74) is 1.43. The summed E-state index contributed by atoms with van der Waals surface area (Å²) in [5.74, 6) is -0.196. The smallest absolute Gasteiger partial charge is 0.274 e. The van der Waals surface area contributed by atoms with Crippen LogP contribution in [0.3, 0.4) is 0 Å². The molecule has 1 spiro atoms. The SMILES string of the molecule is CCO[C@@H]1C[C@@H](NC(=O)c2cc(C)nc3c2c(=O)[nH]n3C)C12CCC2. The van der Waals surface area contributed by atoms with Crippen molar-refractivity contribution in [2.24, 2.45) is 12.5 Å². The van der Waals surface area contributed by atoms with Gasteiger partial charge >= 0.3 is 0 Å². The molecule has 4 rings (SSSR count). The first-order valence-corrected chi connectivity index (χ1v) is 8.95. The fraction of sp³-hybridized carbons (Fsp3) is 0.611. The summed E-state index contributed by atoms with van der Waals surface area (Å²) in [4.78, 5) is 29.5. The predicted molar refractivity (Wildman–Crippen MR) is 93.6 cm³/mol. The lowest BCUT2D eigenvalue weighted by atomic mass is 9.51. The zero-order valence-electron chi connectivity index (χ0n) is 14.9. The van der Waals surface area contributed by atoms with Gasteiger partial charge in [0.2, 0.25) is 0 Å². The van der Waals surface area contributed by atoms with E-state index in [0.29, 0.717) is 28.9 Å². The highest BCUT2D eigenvalue weighted by atomic mass is 16.5. The quantitative estimate of drug-likeness (QED) is 0.882. The van der Waals surface area contributed by atoms with Gasteiger partial charge in [-0.2, -0.15) is 0 Å². The summed E-state index contributed by atoms with van der Waals surface area (Å²) < 4.78 is 7.40. The van der Waals surface area contributed by atoms with Gasteiger partial charge in [-0.3, -0.25) is 19.4 Å². The molecule has 0 saturated heterocycles. The van der Waals surface area contributed by atoms with Crippen molar-refractivity contribution in [3.8, 4) is 0 Å². The number of nitrogens with one attached hydrogen (secondary N) is 2. The van der Waals surface area contributed by atoms with Crippen molar-refractivity contribution in [2.75, 3.05) is 6.61 Å². The Hall–Kier alpha value is -2.15. The number of fused-ring (bicyclic) bond motifs is 1. The number of carbonyl (C=O) groups excluding carboxylic acids is 1. The largest absolute Gasteiger partial charge is 0.378 e. The van der Waals surface area contributed by atoms with Crippen LogP contribution in [0.1, 0.15) is 48.7 Å². The summed E-state index contributed by atoms with van der Waals surface area (Å²) in [5, 5.41) is 6.20. The minimum absolute atomic E-state index is 0.0932. The molecule has 0 aromatic carbocycles. The van der Waals surface area contributed by atoms with Crippen LogP contribution in [0, 0.1) is 12.3 Å². The molecular formula is C18H24N4O3. The molecule has 2 aromatic rings. The molecule has 2 aromatic heterocycles. The van der Waals surface area contributed by atoms with Crippen molar-refractivity contribution in [1.29, 1.82) is 0 Å². The van der Waals surface area contributed by atoms with E-state index in [4.69, 9.17) is 4.74 Å². The average molecular weight is 344 g/mol. The summed E-state index contributed by atoms with van der Waals surface area (Å²) >= 11 is 0. The van der Waals surface area contributed by atoms with E-state index in [1.165, 1.54) is 6.42 Å². The van der Waals surface area contributed by atoms with Crippen LogP contribution >= 0.6 is 0 Å². The normalized spacial score (nSPS) is 24.1. The summed E-state index contributed by atoms with van der Waals surface area (Å²) in [6, 6.07) is 1.82. The summed E-state index contributed by atoms with van der Waals surface area (Å²) in [7, 11) is 1.72. The maximum absolute atomic E-state index is 12.9. The standard InChI is InChI=1S/C18H24N4O3/c1-4-25-13-9-12(18(13)6-5-7-18)20-16(23)11-8-10(2)19-15-14(11)17(24)21-22(15)3/h8,12-13H,4-7,9H2,1-3H3,(H,20,23)(H,21,24)/t12-,13-/m1/s1. The first-order valence-electron chi connectivity index (χ1n) is 8.95. The molecule has 7 nitrogen and oxygen atoms in total. The highest BCUT2D eigenvalue weighted by Gasteiger charge is 2.59. The van der Waals surface area contributed by atoms with Crippen molar-refractivity contribution in [1.82, 2.24) is 20.1 Å². The number of aromatic nitrogens is 3. The van der Waals surface area contributed by atoms with E-state index in [1.54, 1.807) is 17.8 Å². The molecule has 2 heterocycles. The third-order valence-electron chi connectivity index (χ3n) is 5.93. The van der Waals surface area contributed by atoms with E-state index in [2.05, 4.69) is 15.4 Å². The number of hydrogen-bond acceptors (Lipinski definition) is 4. The maximum atomic E-state index is 12.9. The van der Waals surface area contributed by atoms with Gasteiger partial charge in [-0.05, 0) is 39.2 Å². The second kappa shape index (κ2) is 5.69. The number of aromatic amines is 1. The number of nitrogens with zero attached hydrogens (tertiary/aromatic N) is 2. The molecule has 2 atom stereocenters. The minimum atomic E-state index is -0.283. The van der Waals surface area contributed by atoms with Crippen LogP contribution in [0.25, 0.3) is 11.0 Å². The lowest BCUT2D eigenvalue weighted by Crippen LogP contribution is -2.67. The molecule has 0 bridgehead atoms. The van der Waals surface area contributed by atoms with Crippen LogP contribution < -0.4 is 10.9 Å². The van der Waals surface area contributed by atoms with Crippen LogP contribution in [0.4, 0.5) is 0 Å². The van der Waals surface area contributed by atoms with Crippen LogP contribution in [0.5, 0.6) is 0 Å². The molecule has 2 aliphatic carbocycles. The second-order valence-electron chi connectivity index (χ2n) is 7.30. The fourth-order valence-corrected chi connectivity index (χ4v) is 4.44. The van der Waals surface area contributed by atoms with Gasteiger partial charge in [0.1, 0.15) is 0 Å². The van der Waals surface area contributed by atoms with Gasteiger partial charge in [-0.15, -0.1) is 0 Å². The Balaban J connectivity index is 1.62. The van der Waals surface area contributed by atoms with Crippen LogP contribution in [-0.4, -0.2) is 39.4 Å². The lowest BCUT2D eigenvalue weighted by molar-refractivity contribution is -0.169. The van der Waals surface area contributed by atoms with E-state index in [0.717, 1.165) is 19.3 Å². The molecule has 0 radical (unpaired) electrons. The van der Waals surface area contributed by atoms with Gasteiger partial charge in [-0.1, -0.05) is 6.42 Å². The van der Waals surface area contributed by atoms with Gasteiger partial charge in [0.05, 0.1) is 17.1 Å². The van der Waals surface area contributed by atoms with Crippen molar-refractivity contribution in [3.63, 3.8) is 0 Å².